The van der Waals surface area contributed by atoms with Crippen LogP contribution >= 0.6 is 11.6 Å². The molecule has 1 aliphatic heterocycles. The Kier molecular flexibility index (Phi) is 4.02. The Morgan fingerprint density at radius 3 is 2.94 bits per heavy atom. The van der Waals surface area contributed by atoms with Gasteiger partial charge < -0.3 is 9.84 Å². The first kappa shape index (κ1) is 12.8. The summed E-state index contributed by atoms with van der Waals surface area (Å²) in [4.78, 5) is 0. The average Bonchev–Trinajstić information content (AvgIpc) is 2.69. The molecule has 0 amide bonds. The first-order valence-electron chi connectivity index (χ1n) is 5.80. The molecule has 0 spiro atoms. The molecule has 1 heterocycles. The molecule has 3 unspecified atom stereocenters. The maximum absolute atomic E-state index is 13.5. The Hall–Kier alpha value is -0.640. The van der Waals surface area contributed by atoms with Crippen molar-refractivity contribution in [3.8, 4) is 0 Å². The van der Waals surface area contributed by atoms with Crippen molar-refractivity contribution in [3.63, 3.8) is 0 Å². The van der Waals surface area contributed by atoms with E-state index in [1.807, 2.05) is 6.92 Å². The van der Waals surface area contributed by atoms with Gasteiger partial charge in [-0.1, -0.05) is 17.7 Å². The fraction of sp³-hybridized carbons (Fsp3) is 0.538. The second kappa shape index (κ2) is 5.34. The maximum Gasteiger partial charge on any atom is 0.127 e. The second-order valence-corrected chi connectivity index (χ2v) is 5.08. The Bertz CT molecular complexity index is 397. The molecule has 1 aromatic rings. The summed E-state index contributed by atoms with van der Waals surface area (Å²) in [6, 6.07) is 4.54. The van der Waals surface area contributed by atoms with Crippen molar-refractivity contribution in [1.82, 2.24) is 0 Å². The molecule has 0 radical (unpaired) electrons. The lowest BCUT2D eigenvalue weighted by Gasteiger charge is -2.16. The summed E-state index contributed by atoms with van der Waals surface area (Å²) in [6.07, 6.45) is 0.764. The molecule has 0 bridgehead atoms. The van der Waals surface area contributed by atoms with Gasteiger partial charge in [0.05, 0.1) is 18.8 Å². The summed E-state index contributed by atoms with van der Waals surface area (Å²) in [5.74, 6) is -0.261. The number of aliphatic hydroxyl groups is 1. The highest BCUT2D eigenvalue weighted by molar-refractivity contribution is 6.30. The lowest BCUT2D eigenvalue weighted by molar-refractivity contribution is 0.0802. The van der Waals surface area contributed by atoms with Crippen molar-refractivity contribution in [1.29, 1.82) is 0 Å². The predicted molar refractivity (Wildman–Crippen MR) is 64.6 cm³/mol. The number of ether oxygens (including phenoxy) is 1. The molecule has 4 heteroatoms. The fourth-order valence-corrected chi connectivity index (χ4v) is 2.36. The number of halogens is 2. The van der Waals surface area contributed by atoms with Crippen molar-refractivity contribution in [3.05, 3.63) is 34.6 Å². The van der Waals surface area contributed by atoms with Gasteiger partial charge >= 0.3 is 0 Å². The Morgan fingerprint density at radius 1 is 1.59 bits per heavy atom. The molecule has 3 atom stereocenters. The van der Waals surface area contributed by atoms with E-state index in [-0.39, 0.29) is 17.8 Å². The van der Waals surface area contributed by atoms with Gasteiger partial charge in [-0.3, -0.25) is 0 Å². The highest BCUT2D eigenvalue weighted by Gasteiger charge is 2.28. The van der Waals surface area contributed by atoms with E-state index in [4.69, 9.17) is 16.3 Å². The van der Waals surface area contributed by atoms with Crippen molar-refractivity contribution < 1.29 is 14.2 Å². The topological polar surface area (TPSA) is 29.5 Å². The smallest absolute Gasteiger partial charge is 0.127 e. The van der Waals surface area contributed by atoms with Crippen LogP contribution in [-0.4, -0.2) is 23.9 Å². The highest BCUT2D eigenvalue weighted by Crippen LogP contribution is 2.25. The van der Waals surface area contributed by atoms with Gasteiger partial charge in [-0.05, 0) is 31.0 Å². The summed E-state index contributed by atoms with van der Waals surface area (Å²) in [5.41, 5.74) is 0.501. The van der Waals surface area contributed by atoms with E-state index in [2.05, 4.69) is 0 Å². The van der Waals surface area contributed by atoms with E-state index in [9.17, 15) is 9.50 Å². The third-order valence-electron chi connectivity index (χ3n) is 3.22. The zero-order chi connectivity index (χ0) is 12.4. The third-order valence-corrected chi connectivity index (χ3v) is 3.45. The van der Waals surface area contributed by atoms with Crippen LogP contribution in [0.15, 0.2) is 18.2 Å². The summed E-state index contributed by atoms with van der Waals surface area (Å²) < 4.78 is 18.9. The molecule has 2 rings (SSSR count). The van der Waals surface area contributed by atoms with Gasteiger partial charge in [-0.2, -0.15) is 0 Å². The highest BCUT2D eigenvalue weighted by atomic mass is 35.5. The lowest BCUT2D eigenvalue weighted by atomic mass is 9.94. The maximum atomic E-state index is 13.5. The van der Waals surface area contributed by atoms with E-state index in [1.165, 1.54) is 6.07 Å². The molecular weight excluding hydrogens is 243 g/mol. The molecular formula is C13H16ClFO2. The minimum Gasteiger partial charge on any atom is -0.392 e. The monoisotopic (exact) mass is 258 g/mol. The fourth-order valence-electron chi connectivity index (χ4n) is 2.20. The molecule has 1 aliphatic rings. The number of rotatable bonds is 3. The summed E-state index contributed by atoms with van der Waals surface area (Å²) in [5, 5.41) is 10.4. The Balaban J connectivity index is 2.00. The number of hydrogen-bond acceptors (Lipinski definition) is 2. The number of benzene rings is 1. The van der Waals surface area contributed by atoms with Gasteiger partial charge in [0.15, 0.2) is 0 Å². The zero-order valence-electron chi connectivity index (χ0n) is 9.70. The average molecular weight is 259 g/mol. The number of hydrogen-bond donors (Lipinski definition) is 1. The minimum atomic E-state index is -0.560. The van der Waals surface area contributed by atoms with E-state index in [1.54, 1.807) is 12.1 Å². The minimum absolute atomic E-state index is 0.0973. The van der Waals surface area contributed by atoms with Gasteiger partial charge in [0, 0.05) is 17.4 Å². The zero-order valence-corrected chi connectivity index (χ0v) is 10.5. The molecule has 1 N–H and O–H groups in total. The second-order valence-electron chi connectivity index (χ2n) is 4.65. The summed E-state index contributed by atoms with van der Waals surface area (Å²) in [7, 11) is 0. The van der Waals surface area contributed by atoms with Crippen LogP contribution in [0, 0.1) is 11.7 Å². The van der Waals surface area contributed by atoms with Crippen LogP contribution in [0.5, 0.6) is 0 Å². The lowest BCUT2D eigenvalue weighted by Crippen LogP contribution is -2.23. The molecule has 0 saturated carbocycles. The van der Waals surface area contributed by atoms with Crippen molar-refractivity contribution in [2.75, 3.05) is 6.61 Å². The third kappa shape index (κ3) is 3.18. The van der Waals surface area contributed by atoms with E-state index in [0.717, 1.165) is 6.42 Å². The van der Waals surface area contributed by atoms with E-state index >= 15 is 0 Å². The molecule has 0 aliphatic carbocycles. The van der Waals surface area contributed by atoms with Gasteiger partial charge in [-0.25, -0.2) is 4.39 Å². The van der Waals surface area contributed by atoms with E-state index in [0.29, 0.717) is 23.6 Å². The van der Waals surface area contributed by atoms with Crippen LogP contribution in [0.1, 0.15) is 18.9 Å². The van der Waals surface area contributed by atoms with Crippen molar-refractivity contribution in [2.45, 2.75) is 32.0 Å². The van der Waals surface area contributed by atoms with Crippen LogP contribution in [-0.2, 0) is 11.2 Å². The van der Waals surface area contributed by atoms with Gasteiger partial charge in [0.1, 0.15) is 5.82 Å². The normalized spacial score (nSPS) is 26.1. The van der Waals surface area contributed by atoms with Crippen LogP contribution in [0.3, 0.4) is 0 Å². The van der Waals surface area contributed by atoms with Crippen LogP contribution in [0.2, 0.25) is 5.02 Å². The number of aliphatic hydroxyl groups excluding tert-OH is 1. The predicted octanol–water partition coefficient (Wildman–Crippen LogP) is 2.81. The first-order chi connectivity index (χ1) is 8.06. The van der Waals surface area contributed by atoms with Crippen molar-refractivity contribution >= 4 is 11.6 Å². The molecule has 1 saturated heterocycles. The quantitative estimate of drug-likeness (QED) is 0.903. The van der Waals surface area contributed by atoms with Gasteiger partial charge in [-0.15, -0.1) is 0 Å². The van der Waals surface area contributed by atoms with Crippen molar-refractivity contribution in [2.24, 2.45) is 5.92 Å². The van der Waals surface area contributed by atoms with E-state index < -0.39 is 6.10 Å². The van der Waals surface area contributed by atoms with Crippen LogP contribution in [0.4, 0.5) is 4.39 Å². The van der Waals surface area contributed by atoms with Gasteiger partial charge in [0.25, 0.3) is 0 Å². The molecule has 0 aromatic heterocycles. The Morgan fingerprint density at radius 2 is 2.35 bits per heavy atom. The molecule has 1 fully saturated rings. The first-order valence-corrected chi connectivity index (χ1v) is 6.17. The molecule has 17 heavy (non-hydrogen) atoms. The van der Waals surface area contributed by atoms with Gasteiger partial charge in [0.2, 0.25) is 0 Å². The summed E-state index contributed by atoms with van der Waals surface area (Å²) >= 11 is 5.68. The molecule has 94 valence electrons. The SMILES string of the molecule is CC1CC(C(O)Cc2ccc(Cl)cc2F)CO1. The standard InChI is InChI=1S/C13H16ClFO2/c1-8-4-10(7-17-8)13(16)5-9-2-3-11(14)6-12(9)15/h2-3,6,8,10,13,16H,4-5,7H2,1H3. The van der Waals surface area contributed by atoms with Crippen LogP contribution in [0.25, 0.3) is 0 Å². The molecule has 2 nitrogen and oxygen atoms in total. The Labute approximate surface area is 105 Å². The van der Waals surface area contributed by atoms with Crippen LogP contribution < -0.4 is 0 Å². The summed E-state index contributed by atoms with van der Waals surface area (Å²) in [6.45, 7) is 2.53. The molecule has 1 aromatic carbocycles. The largest absolute Gasteiger partial charge is 0.392 e.